The van der Waals surface area contributed by atoms with Gasteiger partial charge in [0.1, 0.15) is 28.2 Å². The van der Waals surface area contributed by atoms with E-state index < -0.39 is 22.2 Å². The number of hydrogen-bond donors (Lipinski definition) is 2. The molecule has 3 aromatic carbocycles. The van der Waals surface area contributed by atoms with Crippen LogP contribution in [-0.2, 0) is 10.0 Å². The van der Waals surface area contributed by atoms with E-state index in [-0.39, 0.29) is 42.3 Å². The lowest BCUT2D eigenvalue weighted by Gasteiger charge is -2.37. The number of sulfonamides is 1. The highest BCUT2D eigenvalue weighted by Crippen LogP contribution is 2.38. The van der Waals surface area contributed by atoms with Crippen molar-refractivity contribution < 1.29 is 32.5 Å². The number of nitrogens with one attached hydrogen (secondary N) is 1. The molecule has 41 heavy (non-hydrogen) atoms. The van der Waals surface area contributed by atoms with E-state index >= 15 is 0 Å². The zero-order chi connectivity index (χ0) is 29.7. The molecule has 0 unspecified atom stereocenters. The molecule has 0 radical (unpaired) electrons. The summed E-state index contributed by atoms with van der Waals surface area (Å²) in [5, 5.41) is 12.8. The lowest BCUT2D eigenvalue weighted by molar-refractivity contribution is 0.0830. The predicted octanol–water partition coefficient (Wildman–Crippen LogP) is 4.30. The lowest BCUT2D eigenvalue weighted by atomic mass is 10.0. The van der Waals surface area contributed by atoms with Gasteiger partial charge in [-0.3, -0.25) is 0 Å². The SMILES string of the molecule is COc1cccc(NC(=O)N(C)C[C@@H]2Oc3cc(-c4ccccc4OC)ccc3S(=O)(=O)N([C@H](C)CO)C[C@@H]2C)c1. The van der Waals surface area contributed by atoms with Crippen LogP contribution in [0.1, 0.15) is 13.8 Å². The number of aliphatic hydroxyl groups excluding tert-OH is 1. The van der Waals surface area contributed by atoms with Crippen molar-refractivity contribution in [1.82, 2.24) is 9.21 Å². The molecule has 1 heterocycles. The minimum absolute atomic E-state index is 0.00293. The second-order valence-corrected chi connectivity index (χ2v) is 12.0. The fourth-order valence-electron chi connectivity index (χ4n) is 4.77. The third-order valence-corrected chi connectivity index (χ3v) is 9.23. The van der Waals surface area contributed by atoms with Crippen LogP contribution < -0.4 is 19.5 Å². The first-order valence-electron chi connectivity index (χ1n) is 13.3. The van der Waals surface area contributed by atoms with Crippen molar-refractivity contribution in [2.75, 3.05) is 46.3 Å². The fourth-order valence-corrected chi connectivity index (χ4v) is 6.59. The zero-order valence-electron chi connectivity index (χ0n) is 23.9. The molecule has 2 N–H and O–H groups in total. The highest BCUT2D eigenvalue weighted by atomic mass is 32.2. The van der Waals surface area contributed by atoms with Gasteiger partial charge in [-0.2, -0.15) is 4.31 Å². The van der Waals surface area contributed by atoms with Gasteiger partial charge in [-0.05, 0) is 42.8 Å². The molecule has 3 aromatic rings. The maximum absolute atomic E-state index is 13.8. The van der Waals surface area contributed by atoms with Gasteiger partial charge in [-0.1, -0.05) is 37.3 Å². The summed E-state index contributed by atoms with van der Waals surface area (Å²) in [4.78, 5) is 14.6. The molecule has 3 atom stereocenters. The average Bonchev–Trinajstić information content (AvgIpc) is 2.98. The number of para-hydroxylation sites is 1. The Morgan fingerprint density at radius 3 is 2.59 bits per heavy atom. The van der Waals surface area contributed by atoms with Gasteiger partial charge >= 0.3 is 6.03 Å². The molecule has 2 amide bonds. The summed E-state index contributed by atoms with van der Waals surface area (Å²) < 4.78 is 46.1. The molecule has 0 bridgehead atoms. The molecule has 10 nitrogen and oxygen atoms in total. The smallest absolute Gasteiger partial charge is 0.321 e. The van der Waals surface area contributed by atoms with E-state index in [0.29, 0.717) is 22.7 Å². The van der Waals surface area contributed by atoms with Gasteiger partial charge in [0.05, 0.1) is 27.4 Å². The Labute approximate surface area is 241 Å². The van der Waals surface area contributed by atoms with Crippen molar-refractivity contribution in [1.29, 1.82) is 0 Å². The molecular formula is C30H37N3O7S. The minimum Gasteiger partial charge on any atom is -0.497 e. The second kappa shape index (κ2) is 12.8. The van der Waals surface area contributed by atoms with Gasteiger partial charge in [0.2, 0.25) is 10.0 Å². The molecule has 0 saturated heterocycles. The van der Waals surface area contributed by atoms with Gasteiger partial charge in [-0.25, -0.2) is 13.2 Å². The number of urea groups is 1. The Kier molecular flexibility index (Phi) is 9.42. The monoisotopic (exact) mass is 583 g/mol. The van der Waals surface area contributed by atoms with Gasteiger partial charge in [0.25, 0.3) is 0 Å². The van der Waals surface area contributed by atoms with Gasteiger partial charge in [-0.15, -0.1) is 0 Å². The molecule has 1 aliphatic rings. The van der Waals surface area contributed by atoms with Crippen molar-refractivity contribution in [2.45, 2.75) is 30.9 Å². The largest absolute Gasteiger partial charge is 0.497 e. The number of amides is 2. The quantitative estimate of drug-likeness (QED) is 0.406. The summed E-state index contributed by atoms with van der Waals surface area (Å²) in [5.41, 5.74) is 2.07. The Morgan fingerprint density at radius 2 is 1.88 bits per heavy atom. The minimum atomic E-state index is -4.00. The number of carbonyl (C=O) groups is 1. The van der Waals surface area contributed by atoms with Crippen LogP contribution in [0.4, 0.5) is 10.5 Å². The highest BCUT2D eigenvalue weighted by Gasteiger charge is 2.38. The number of fused-ring (bicyclic) bond motifs is 1. The maximum atomic E-state index is 13.8. The number of likely N-dealkylation sites (N-methyl/N-ethyl adjacent to an activating group) is 1. The molecule has 0 aromatic heterocycles. The second-order valence-electron chi connectivity index (χ2n) is 10.1. The average molecular weight is 584 g/mol. The number of benzene rings is 3. The summed E-state index contributed by atoms with van der Waals surface area (Å²) in [6, 6.07) is 18.4. The van der Waals surface area contributed by atoms with Crippen LogP contribution in [-0.4, -0.2) is 81.9 Å². The predicted molar refractivity (Wildman–Crippen MR) is 157 cm³/mol. The van der Waals surface area contributed by atoms with E-state index in [4.69, 9.17) is 14.2 Å². The third-order valence-electron chi connectivity index (χ3n) is 7.21. The van der Waals surface area contributed by atoms with Crippen molar-refractivity contribution in [3.05, 3.63) is 66.7 Å². The summed E-state index contributed by atoms with van der Waals surface area (Å²) in [5.74, 6) is 1.09. The molecule has 1 aliphatic heterocycles. The number of carbonyl (C=O) groups excluding carboxylic acids is 1. The number of nitrogens with zero attached hydrogens (tertiary/aromatic N) is 2. The van der Waals surface area contributed by atoms with Crippen LogP contribution in [0.3, 0.4) is 0 Å². The van der Waals surface area contributed by atoms with Crippen molar-refractivity contribution in [3.8, 4) is 28.4 Å². The van der Waals surface area contributed by atoms with E-state index in [9.17, 15) is 18.3 Å². The van der Waals surface area contributed by atoms with E-state index in [0.717, 1.165) is 5.56 Å². The number of hydrogen-bond acceptors (Lipinski definition) is 7. The zero-order valence-corrected chi connectivity index (χ0v) is 24.7. The number of ether oxygens (including phenoxy) is 3. The number of anilines is 1. The van der Waals surface area contributed by atoms with Crippen LogP contribution in [0.2, 0.25) is 0 Å². The Bertz CT molecular complexity index is 1480. The number of aliphatic hydroxyl groups is 1. The summed E-state index contributed by atoms with van der Waals surface area (Å²) in [7, 11) is 0.779. The standard InChI is InChI=1S/C30H37N3O7S/c1-20-17-33(21(2)19-34)41(36,37)29-14-13-22(25-11-6-7-12-26(25)39-5)15-27(29)40-28(20)18-32(3)30(35)31-23-9-8-10-24(16-23)38-4/h6-16,20-21,28,34H,17-19H2,1-5H3,(H,31,35)/t20-,21+,28-/m0/s1. The van der Waals surface area contributed by atoms with Crippen molar-refractivity contribution in [2.24, 2.45) is 5.92 Å². The normalized spacial score (nSPS) is 19.1. The van der Waals surface area contributed by atoms with Crippen molar-refractivity contribution in [3.63, 3.8) is 0 Å². The first kappa shape index (κ1) is 30.2. The summed E-state index contributed by atoms with van der Waals surface area (Å²) >= 11 is 0. The van der Waals surface area contributed by atoms with Gasteiger partial charge in [0, 0.05) is 42.9 Å². The summed E-state index contributed by atoms with van der Waals surface area (Å²) in [6.07, 6.45) is -0.563. The number of rotatable bonds is 8. The van der Waals surface area contributed by atoms with E-state index in [1.54, 1.807) is 64.6 Å². The van der Waals surface area contributed by atoms with Crippen LogP contribution >= 0.6 is 0 Å². The molecule has 0 saturated carbocycles. The first-order chi connectivity index (χ1) is 19.6. The number of methoxy groups -OCH3 is 2. The van der Waals surface area contributed by atoms with Gasteiger partial charge in [0.15, 0.2) is 0 Å². The maximum Gasteiger partial charge on any atom is 0.321 e. The topological polar surface area (TPSA) is 118 Å². The van der Waals surface area contributed by atoms with Crippen LogP contribution in [0, 0.1) is 5.92 Å². The Balaban J connectivity index is 1.70. The Morgan fingerprint density at radius 1 is 1.12 bits per heavy atom. The molecule has 0 fully saturated rings. The Hall–Kier alpha value is -3.80. The molecular weight excluding hydrogens is 546 g/mol. The molecule has 220 valence electrons. The molecule has 11 heteroatoms. The van der Waals surface area contributed by atoms with E-state index in [1.807, 2.05) is 31.2 Å². The fraction of sp³-hybridized carbons (Fsp3) is 0.367. The van der Waals surface area contributed by atoms with E-state index in [2.05, 4.69) is 5.32 Å². The highest BCUT2D eigenvalue weighted by molar-refractivity contribution is 7.89. The van der Waals surface area contributed by atoms with Crippen LogP contribution in [0.5, 0.6) is 17.2 Å². The third kappa shape index (κ3) is 6.58. The first-order valence-corrected chi connectivity index (χ1v) is 14.8. The molecule has 4 rings (SSSR count). The van der Waals surface area contributed by atoms with Crippen molar-refractivity contribution >= 4 is 21.7 Å². The molecule has 0 spiro atoms. The summed E-state index contributed by atoms with van der Waals surface area (Å²) in [6.45, 7) is 3.48. The van der Waals surface area contributed by atoms with Gasteiger partial charge < -0.3 is 29.5 Å². The van der Waals surface area contributed by atoms with Crippen LogP contribution in [0.25, 0.3) is 11.1 Å². The van der Waals surface area contributed by atoms with Crippen LogP contribution in [0.15, 0.2) is 71.6 Å². The molecule has 0 aliphatic carbocycles. The lowest BCUT2D eigenvalue weighted by Crippen LogP contribution is -2.50. The van der Waals surface area contributed by atoms with E-state index in [1.165, 1.54) is 15.3 Å².